The van der Waals surface area contributed by atoms with Gasteiger partial charge in [0.2, 0.25) is 5.91 Å². The van der Waals surface area contributed by atoms with Crippen molar-refractivity contribution in [1.29, 1.82) is 0 Å². The molecule has 22 heavy (non-hydrogen) atoms. The van der Waals surface area contributed by atoms with Crippen molar-refractivity contribution in [3.05, 3.63) is 54.4 Å². The van der Waals surface area contributed by atoms with Crippen LogP contribution in [0.25, 0.3) is 0 Å². The topological polar surface area (TPSA) is 51.2 Å². The fraction of sp³-hybridized carbons (Fsp3) is 0.250. The van der Waals surface area contributed by atoms with Crippen LogP contribution in [0.4, 0.5) is 5.69 Å². The summed E-state index contributed by atoms with van der Waals surface area (Å²) in [5, 5.41) is 2.80. The molecule has 0 spiro atoms. The molecule has 0 radical (unpaired) electrons. The fourth-order valence-electron chi connectivity index (χ4n) is 2.04. The lowest BCUT2D eigenvalue weighted by Gasteiger charge is -2.09. The summed E-state index contributed by atoms with van der Waals surface area (Å²) in [5.41, 5.74) is 1.63. The predicted molar refractivity (Wildman–Crippen MR) is 86.2 cm³/mol. The first-order valence-corrected chi connectivity index (χ1v) is 7.61. The van der Waals surface area contributed by atoms with E-state index in [9.17, 15) is 4.79 Å². The zero-order valence-corrected chi connectivity index (χ0v) is 13.1. The number of anilines is 1. The second-order valence-corrected chi connectivity index (χ2v) is 6.73. The number of benzene rings is 1. The lowest BCUT2D eigenvalue weighted by molar-refractivity contribution is -0.117. The Kier molecular flexibility index (Phi) is 4.23. The number of ether oxygens (including phenoxy) is 1. The van der Waals surface area contributed by atoms with E-state index in [2.05, 4.69) is 10.3 Å². The number of hydrogen-bond donors (Lipinski definition) is 1. The van der Waals surface area contributed by atoms with Gasteiger partial charge >= 0.3 is 0 Å². The molecule has 4 nitrogen and oxygen atoms in total. The van der Waals surface area contributed by atoms with E-state index in [1.807, 2.05) is 24.3 Å². The molecule has 1 N–H and O–H groups in total. The smallest absolute Gasteiger partial charge is 0.230 e. The molecule has 1 fully saturated rings. The van der Waals surface area contributed by atoms with Crippen molar-refractivity contribution in [2.45, 2.75) is 17.4 Å². The maximum Gasteiger partial charge on any atom is 0.230 e. The van der Waals surface area contributed by atoms with Crippen LogP contribution < -0.4 is 10.1 Å². The minimum Gasteiger partial charge on any atom is -0.489 e. The van der Waals surface area contributed by atoms with Gasteiger partial charge in [-0.1, -0.05) is 12.1 Å². The molecule has 1 heterocycles. The molecule has 3 rings (SSSR count). The average molecular weight is 337 g/mol. The van der Waals surface area contributed by atoms with Gasteiger partial charge in [-0.25, -0.2) is 0 Å². The Morgan fingerprint density at radius 1 is 1.36 bits per heavy atom. The van der Waals surface area contributed by atoms with Crippen LogP contribution >= 0.6 is 23.2 Å². The second kappa shape index (κ2) is 6.15. The highest BCUT2D eigenvalue weighted by Gasteiger charge is 2.56. The van der Waals surface area contributed by atoms with Crippen molar-refractivity contribution in [3.8, 4) is 5.75 Å². The summed E-state index contributed by atoms with van der Waals surface area (Å²) >= 11 is 11.8. The number of carbonyl (C=O) groups excluding carboxylic acids is 1. The number of hydrogen-bond acceptors (Lipinski definition) is 3. The first-order valence-electron chi connectivity index (χ1n) is 6.85. The lowest BCUT2D eigenvalue weighted by atomic mass is 10.2. The van der Waals surface area contributed by atoms with Crippen molar-refractivity contribution in [3.63, 3.8) is 0 Å². The number of amides is 1. The van der Waals surface area contributed by atoms with E-state index in [-0.39, 0.29) is 11.8 Å². The molecule has 1 aromatic carbocycles. The molecule has 114 valence electrons. The summed E-state index contributed by atoms with van der Waals surface area (Å²) < 4.78 is 4.77. The minimum absolute atomic E-state index is 0.172. The molecule has 0 saturated heterocycles. The maximum absolute atomic E-state index is 12.0. The SMILES string of the molecule is O=C(Nc1cccc(OCc2cccnc2)c1)C1CC1(Cl)Cl. The summed E-state index contributed by atoms with van der Waals surface area (Å²) in [7, 11) is 0. The van der Waals surface area contributed by atoms with Gasteiger partial charge in [-0.3, -0.25) is 9.78 Å². The van der Waals surface area contributed by atoms with E-state index in [1.165, 1.54) is 0 Å². The molecule has 1 aliphatic carbocycles. The summed E-state index contributed by atoms with van der Waals surface area (Å²) in [4.78, 5) is 16.0. The van der Waals surface area contributed by atoms with Crippen LogP contribution in [-0.2, 0) is 11.4 Å². The average Bonchev–Trinajstić information content (AvgIpc) is 3.16. The molecule has 2 aromatic rings. The summed E-state index contributed by atoms with van der Waals surface area (Å²) in [6.45, 7) is 0.417. The predicted octanol–water partition coefficient (Wildman–Crippen LogP) is 3.79. The largest absolute Gasteiger partial charge is 0.489 e. The molecular weight excluding hydrogens is 323 g/mol. The number of aromatic nitrogens is 1. The highest BCUT2D eigenvalue weighted by Crippen LogP contribution is 2.53. The number of alkyl halides is 2. The maximum atomic E-state index is 12.0. The van der Waals surface area contributed by atoms with Crippen molar-refractivity contribution < 1.29 is 9.53 Å². The summed E-state index contributed by atoms with van der Waals surface area (Å²) in [6, 6.07) is 11.0. The van der Waals surface area contributed by atoms with E-state index in [1.54, 1.807) is 24.5 Å². The Balaban J connectivity index is 1.59. The van der Waals surface area contributed by atoms with Gasteiger partial charge in [-0.2, -0.15) is 0 Å². The quantitative estimate of drug-likeness (QED) is 0.845. The highest BCUT2D eigenvalue weighted by molar-refractivity contribution is 6.52. The molecule has 1 aromatic heterocycles. The van der Waals surface area contributed by atoms with Crippen LogP contribution in [0, 0.1) is 5.92 Å². The Morgan fingerprint density at radius 2 is 2.18 bits per heavy atom. The molecule has 1 amide bonds. The highest BCUT2D eigenvalue weighted by atomic mass is 35.5. The van der Waals surface area contributed by atoms with E-state index in [4.69, 9.17) is 27.9 Å². The van der Waals surface area contributed by atoms with Crippen molar-refractivity contribution in [1.82, 2.24) is 4.98 Å². The van der Waals surface area contributed by atoms with E-state index >= 15 is 0 Å². The van der Waals surface area contributed by atoms with Crippen LogP contribution in [-0.4, -0.2) is 15.2 Å². The Labute approximate surface area is 138 Å². The third-order valence-electron chi connectivity index (χ3n) is 3.37. The first-order chi connectivity index (χ1) is 10.5. The van der Waals surface area contributed by atoms with E-state index in [0.717, 1.165) is 5.56 Å². The molecule has 1 saturated carbocycles. The monoisotopic (exact) mass is 336 g/mol. The molecule has 1 aliphatic rings. The number of pyridine rings is 1. The van der Waals surface area contributed by atoms with E-state index in [0.29, 0.717) is 24.5 Å². The normalized spacial score (nSPS) is 18.5. The van der Waals surface area contributed by atoms with Crippen LogP contribution in [0.5, 0.6) is 5.75 Å². The van der Waals surface area contributed by atoms with Crippen LogP contribution in [0.2, 0.25) is 0 Å². The second-order valence-electron chi connectivity index (χ2n) is 5.18. The van der Waals surface area contributed by atoms with Crippen LogP contribution in [0.1, 0.15) is 12.0 Å². The van der Waals surface area contributed by atoms with Gasteiger partial charge in [-0.05, 0) is 24.6 Å². The van der Waals surface area contributed by atoms with E-state index < -0.39 is 4.33 Å². The van der Waals surface area contributed by atoms with Crippen LogP contribution in [0.15, 0.2) is 48.8 Å². The standard InChI is InChI=1S/C16H14Cl2N2O2/c17-16(18)8-14(16)15(21)20-12-4-1-5-13(7-12)22-10-11-3-2-6-19-9-11/h1-7,9,14H,8,10H2,(H,20,21). The Hall–Kier alpha value is -1.78. The zero-order chi connectivity index (χ0) is 15.6. The van der Waals surface area contributed by atoms with Crippen molar-refractivity contribution in [2.24, 2.45) is 5.92 Å². The summed E-state index contributed by atoms with van der Waals surface area (Å²) in [6.07, 6.45) is 3.95. The Bertz CT molecular complexity index is 677. The fourth-order valence-corrected chi connectivity index (χ4v) is 2.55. The number of carbonyl (C=O) groups is 1. The molecule has 0 bridgehead atoms. The van der Waals surface area contributed by atoms with Gasteiger partial charge < -0.3 is 10.1 Å². The van der Waals surface area contributed by atoms with Crippen molar-refractivity contribution in [2.75, 3.05) is 5.32 Å². The van der Waals surface area contributed by atoms with Gasteiger partial charge in [0.05, 0.1) is 5.92 Å². The number of nitrogens with one attached hydrogen (secondary N) is 1. The van der Waals surface area contributed by atoms with Gasteiger partial charge in [0.1, 0.15) is 16.7 Å². The van der Waals surface area contributed by atoms with Gasteiger partial charge in [0.25, 0.3) is 0 Å². The summed E-state index contributed by atoms with van der Waals surface area (Å²) in [5.74, 6) is 0.144. The number of rotatable bonds is 5. The van der Waals surface area contributed by atoms with Crippen molar-refractivity contribution >= 4 is 34.8 Å². The lowest BCUT2D eigenvalue weighted by Crippen LogP contribution is -2.16. The first kappa shape index (κ1) is 15.1. The Morgan fingerprint density at radius 3 is 2.86 bits per heavy atom. The third kappa shape index (κ3) is 3.70. The molecule has 1 unspecified atom stereocenters. The van der Waals surface area contributed by atoms with Crippen LogP contribution in [0.3, 0.4) is 0 Å². The zero-order valence-electron chi connectivity index (χ0n) is 11.6. The minimum atomic E-state index is -0.918. The molecular formula is C16H14Cl2N2O2. The van der Waals surface area contributed by atoms with Gasteiger partial charge in [0, 0.05) is 29.7 Å². The number of halogens is 2. The molecule has 6 heteroatoms. The van der Waals surface area contributed by atoms with Gasteiger partial charge in [0.15, 0.2) is 0 Å². The number of nitrogens with zero attached hydrogens (tertiary/aromatic N) is 1. The molecule has 1 atom stereocenters. The molecule has 0 aliphatic heterocycles. The van der Waals surface area contributed by atoms with Gasteiger partial charge in [-0.15, -0.1) is 23.2 Å². The third-order valence-corrected chi connectivity index (χ3v) is 4.21.